The summed E-state index contributed by atoms with van der Waals surface area (Å²) in [5, 5.41) is 3.08. The number of nitrogens with one attached hydrogen (secondary N) is 1. The maximum atomic E-state index is 12.8. The van der Waals surface area contributed by atoms with Crippen molar-refractivity contribution in [1.82, 2.24) is 14.5 Å². The highest BCUT2D eigenvalue weighted by Gasteiger charge is 2.32. The summed E-state index contributed by atoms with van der Waals surface area (Å²) in [5.41, 5.74) is 1.04. The van der Waals surface area contributed by atoms with Crippen LogP contribution in [0.4, 0.5) is 0 Å². The smallest absolute Gasteiger partial charge is 0.243 e. The summed E-state index contributed by atoms with van der Waals surface area (Å²) in [5.74, 6) is -0.0130. The highest BCUT2D eigenvalue weighted by atomic mass is 32.2. The maximum Gasteiger partial charge on any atom is 0.243 e. The van der Waals surface area contributed by atoms with Crippen molar-refractivity contribution in [3.63, 3.8) is 0 Å². The van der Waals surface area contributed by atoms with Crippen molar-refractivity contribution >= 4 is 15.9 Å². The van der Waals surface area contributed by atoms with Gasteiger partial charge < -0.3 is 10.2 Å². The zero-order valence-electron chi connectivity index (χ0n) is 18.5. The topological polar surface area (TPSA) is 69.7 Å². The van der Waals surface area contributed by atoms with Crippen molar-refractivity contribution in [2.45, 2.75) is 69.7 Å². The molecule has 1 atom stereocenters. The second-order valence-electron chi connectivity index (χ2n) is 8.73. The monoisotopic (exact) mass is 435 g/mol. The van der Waals surface area contributed by atoms with E-state index in [0.29, 0.717) is 43.4 Å². The third-order valence-electron chi connectivity index (χ3n) is 6.63. The molecule has 0 aromatic heterocycles. The van der Waals surface area contributed by atoms with Gasteiger partial charge in [-0.25, -0.2) is 8.42 Å². The van der Waals surface area contributed by atoms with Gasteiger partial charge in [-0.1, -0.05) is 31.0 Å². The molecule has 0 bridgehead atoms. The molecule has 6 nitrogen and oxygen atoms in total. The molecule has 0 aliphatic carbocycles. The SMILES string of the molecule is CC[C@H]1CCCCN1CCCNC(=O)C1CCN(S(=O)(=O)c2ccc(C)cc2)CC1. The average molecular weight is 436 g/mol. The lowest BCUT2D eigenvalue weighted by Gasteiger charge is -2.35. The number of amides is 1. The van der Waals surface area contributed by atoms with Gasteiger partial charge in [-0.2, -0.15) is 4.31 Å². The summed E-state index contributed by atoms with van der Waals surface area (Å²) in [6, 6.07) is 7.66. The molecule has 2 heterocycles. The Labute approximate surface area is 182 Å². The number of carbonyl (C=O) groups excluding carboxylic acids is 1. The number of nitrogens with zero attached hydrogens (tertiary/aromatic N) is 2. The Bertz CT molecular complexity index is 786. The number of hydrogen-bond donors (Lipinski definition) is 1. The predicted molar refractivity (Wildman–Crippen MR) is 120 cm³/mol. The minimum absolute atomic E-state index is 0.0769. The van der Waals surface area contributed by atoms with Gasteiger partial charge in [-0.15, -0.1) is 0 Å². The van der Waals surface area contributed by atoms with Gasteiger partial charge in [-0.05, 0) is 64.1 Å². The van der Waals surface area contributed by atoms with Crippen LogP contribution in [0.5, 0.6) is 0 Å². The Morgan fingerprint density at radius 2 is 1.77 bits per heavy atom. The van der Waals surface area contributed by atoms with Crippen LogP contribution in [0.15, 0.2) is 29.2 Å². The molecular formula is C23H37N3O3S. The first-order valence-corrected chi connectivity index (χ1v) is 12.9. The highest BCUT2D eigenvalue weighted by Crippen LogP contribution is 2.24. The number of carbonyl (C=O) groups is 1. The number of hydrogen-bond acceptors (Lipinski definition) is 4. The molecule has 1 N–H and O–H groups in total. The summed E-state index contributed by atoms with van der Waals surface area (Å²) in [4.78, 5) is 15.4. The summed E-state index contributed by atoms with van der Waals surface area (Å²) in [7, 11) is -3.47. The van der Waals surface area contributed by atoms with Crippen molar-refractivity contribution in [1.29, 1.82) is 0 Å². The maximum absolute atomic E-state index is 12.8. The molecule has 7 heteroatoms. The van der Waals surface area contributed by atoms with Gasteiger partial charge in [0.1, 0.15) is 0 Å². The summed E-state index contributed by atoms with van der Waals surface area (Å²) in [6.45, 7) is 7.94. The second kappa shape index (κ2) is 10.7. The molecule has 0 spiro atoms. The fourth-order valence-electron chi connectivity index (χ4n) is 4.67. The summed E-state index contributed by atoms with van der Waals surface area (Å²) >= 11 is 0. The van der Waals surface area contributed by atoms with E-state index in [4.69, 9.17) is 0 Å². The van der Waals surface area contributed by atoms with Crippen LogP contribution in [0.25, 0.3) is 0 Å². The van der Waals surface area contributed by atoms with Crippen LogP contribution in [0, 0.1) is 12.8 Å². The van der Waals surface area contributed by atoms with E-state index in [9.17, 15) is 13.2 Å². The zero-order valence-corrected chi connectivity index (χ0v) is 19.3. The zero-order chi connectivity index (χ0) is 21.6. The van der Waals surface area contributed by atoms with Crippen LogP contribution in [-0.2, 0) is 14.8 Å². The Hall–Kier alpha value is -1.44. The van der Waals surface area contributed by atoms with Crippen molar-refractivity contribution in [3.8, 4) is 0 Å². The van der Waals surface area contributed by atoms with E-state index in [-0.39, 0.29) is 11.8 Å². The minimum Gasteiger partial charge on any atom is -0.356 e. The molecule has 2 fully saturated rings. The largest absolute Gasteiger partial charge is 0.356 e. The lowest BCUT2D eigenvalue weighted by molar-refractivity contribution is -0.126. The van der Waals surface area contributed by atoms with E-state index in [0.717, 1.165) is 18.5 Å². The molecule has 168 valence electrons. The van der Waals surface area contributed by atoms with Gasteiger partial charge in [0, 0.05) is 38.1 Å². The number of aryl methyl sites for hydroxylation is 1. The summed E-state index contributed by atoms with van der Waals surface area (Å²) < 4.78 is 27.1. The van der Waals surface area contributed by atoms with Crippen molar-refractivity contribution in [3.05, 3.63) is 29.8 Å². The molecule has 0 saturated carbocycles. The number of benzene rings is 1. The highest BCUT2D eigenvalue weighted by molar-refractivity contribution is 7.89. The van der Waals surface area contributed by atoms with Gasteiger partial charge in [0.05, 0.1) is 4.90 Å². The first-order chi connectivity index (χ1) is 14.4. The van der Waals surface area contributed by atoms with Crippen molar-refractivity contribution in [2.75, 3.05) is 32.7 Å². The fraction of sp³-hybridized carbons (Fsp3) is 0.696. The van der Waals surface area contributed by atoms with Crippen LogP contribution < -0.4 is 5.32 Å². The number of rotatable bonds is 8. The lowest BCUT2D eigenvalue weighted by atomic mass is 9.97. The molecule has 1 amide bonds. The normalized spacial score (nSPS) is 22.1. The van der Waals surface area contributed by atoms with Crippen LogP contribution in [0.2, 0.25) is 0 Å². The van der Waals surface area contributed by atoms with Crippen LogP contribution >= 0.6 is 0 Å². The lowest BCUT2D eigenvalue weighted by Crippen LogP contribution is -2.44. The standard InChI is InChI=1S/C23H37N3O3S/c1-3-21-7-4-5-15-25(21)16-6-14-24-23(27)20-12-17-26(18-13-20)30(28,29)22-10-8-19(2)9-11-22/h8-11,20-21H,3-7,12-18H2,1-2H3,(H,24,27)/t21-/m0/s1. The van der Waals surface area contributed by atoms with Gasteiger partial charge in [-0.3, -0.25) is 4.79 Å². The molecule has 2 saturated heterocycles. The predicted octanol–water partition coefficient (Wildman–Crippen LogP) is 3.17. The minimum atomic E-state index is -3.47. The van der Waals surface area contributed by atoms with Crippen LogP contribution in [-0.4, -0.2) is 62.3 Å². The molecular weight excluding hydrogens is 398 g/mol. The molecule has 1 aromatic carbocycles. The van der Waals surface area contributed by atoms with Crippen LogP contribution in [0.3, 0.4) is 0 Å². The van der Waals surface area contributed by atoms with Gasteiger partial charge in [0.25, 0.3) is 0 Å². The number of piperidine rings is 2. The molecule has 1 aromatic rings. The van der Waals surface area contributed by atoms with E-state index in [1.54, 1.807) is 12.1 Å². The Balaban J connectivity index is 1.40. The molecule has 2 aliphatic heterocycles. The summed E-state index contributed by atoms with van der Waals surface area (Å²) in [6.07, 6.45) is 7.27. The van der Waals surface area contributed by atoms with Crippen molar-refractivity contribution < 1.29 is 13.2 Å². The Kier molecular flexibility index (Phi) is 8.31. The van der Waals surface area contributed by atoms with Gasteiger partial charge >= 0.3 is 0 Å². The molecule has 30 heavy (non-hydrogen) atoms. The Morgan fingerprint density at radius 1 is 1.07 bits per heavy atom. The molecule has 0 radical (unpaired) electrons. The van der Waals surface area contributed by atoms with E-state index < -0.39 is 10.0 Å². The first kappa shape index (κ1) is 23.2. The third kappa shape index (κ3) is 5.83. The molecule has 2 aliphatic rings. The first-order valence-electron chi connectivity index (χ1n) is 11.5. The number of likely N-dealkylation sites (tertiary alicyclic amines) is 1. The quantitative estimate of drug-likeness (QED) is 0.637. The van der Waals surface area contributed by atoms with E-state index in [1.165, 1.54) is 36.5 Å². The van der Waals surface area contributed by atoms with Gasteiger partial charge in [0.2, 0.25) is 15.9 Å². The molecule has 3 rings (SSSR count). The van der Waals surface area contributed by atoms with E-state index in [1.807, 2.05) is 19.1 Å². The van der Waals surface area contributed by atoms with Crippen molar-refractivity contribution in [2.24, 2.45) is 5.92 Å². The second-order valence-corrected chi connectivity index (χ2v) is 10.7. The third-order valence-corrected chi connectivity index (χ3v) is 8.54. The van der Waals surface area contributed by atoms with Gasteiger partial charge in [0.15, 0.2) is 0 Å². The fourth-order valence-corrected chi connectivity index (χ4v) is 6.14. The molecule has 0 unspecified atom stereocenters. The van der Waals surface area contributed by atoms with Crippen LogP contribution in [0.1, 0.15) is 57.4 Å². The van der Waals surface area contributed by atoms with E-state index >= 15 is 0 Å². The number of sulfonamides is 1. The average Bonchev–Trinajstić information content (AvgIpc) is 2.77. The van der Waals surface area contributed by atoms with E-state index in [2.05, 4.69) is 17.1 Å². The Morgan fingerprint density at radius 3 is 2.43 bits per heavy atom.